The quantitative estimate of drug-likeness (QED) is 0.878. The maximum atomic E-state index is 11.9. The van der Waals surface area contributed by atoms with Crippen LogP contribution in [0.5, 0.6) is 0 Å². The van der Waals surface area contributed by atoms with Crippen LogP contribution in [0.3, 0.4) is 0 Å². The molecule has 2 atom stereocenters. The molecule has 2 rings (SSSR count). The highest BCUT2D eigenvalue weighted by Gasteiger charge is 2.36. The van der Waals surface area contributed by atoms with Crippen LogP contribution in [0.4, 0.5) is 0 Å². The molecule has 2 unspecified atom stereocenters. The summed E-state index contributed by atoms with van der Waals surface area (Å²) in [4.78, 5) is 24.8. The number of carbonyl (C=O) groups is 2. The molecule has 0 saturated carbocycles. The van der Waals surface area contributed by atoms with Crippen LogP contribution in [0.25, 0.3) is 0 Å². The summed E-state index contributed by atoms with van der Waals surface area (Å²) < 4.78 is 0. The summed E-state index contributed by atoms with van der Waals surface area (Å²) in [6.07, 6.45) is 1.07. The maximum absolute atomic E-state index is 11.9. The number of likely N-dealkylation sites (tertiary alicyclic amines) is 1. The van der Waals surface area contributed by atoms with Crippen LogP contribution in [-0.4, -0.2) is 29.3 Å². The van der Waals surface area contributed by atoms with Gasteiger partial charge in [-0.05, 0) is 28.8 Å². The molecule has 1 aromatic rings. The monoisotopic (exact) mass is 252 g/mol. The molecule has 1 aromatic heterocycles. The summed E-state index contributed by atoms with van der Waals surface area (Å²) in [5, 5.41) is 4.07. The van der Waals surface area contributed by atoms with Crippen molar-refractivity contribution in [2.75, 3.05) is 6.54 Å². The van der Waals surface area contributed by atoms with Crippen molar-refractivity contribution in [1.82, 2.24) is 4.90 Å². The fraction of sp³-hybridized carbons (Fsp3) is 0.500. The highest BCUT2D eigenvalue weighted by atomic mass is 32.1. The molecule has 5 heteroatoms. The first-order valence-electron chi connectivity index (χ1n) is 5.74. The fourth-order valence-corrected chi connectivity index (χ4v) is 3.08. The molecule has 0 radical (unpaired) electrons. The summed E-state index contributed by atoms with van der Waals surface area (Å²) in [6, 6.07) is 1.59. The number of primary amides is 1. The van der Waals surface area contributed by atoms with Crippen LogP contribution in [0.1, 0.15) is 31.2 Å². The summed E-state index contributed by atoms with van der Waals surface area (Å²) in [5.74, 6) is -0.166. The SMILES string of the molecule is CCC(C(N)=O)N1CC(c2ccsc2)CC1=O. The van der Waals surface area contributed by atoms with Gasteiger partial charge in [0.25, 0.3) is 0 Å². The fourth-order valence-electron chi connectivity index (χ4n) is 2.34. The van der Waals surface area contributed by atoms with Gasteiger partial charge < -0.3 is 10.6 Å². The Labute approximate surface area is 104 Å². The smallest absolute Gasteiger partial charge is 0.240 e. The van der Waals surface area contributed by atoms with Crippen LogP contribution in [-0.2, 0) is 9.59 Å². The Morgan fingerprint density at radius 1 is 1.71 bits per heavy atom. The lowest BCUT2D eigenvalue weighted by Crippen LogP contribution is -2.45. The molecular weight excluding hydrogens is 236 g/mol. The standard InChI is InChI=1S/C12H16N2O2S/c1-2-10(12(13)16)14-6-9(5-11(14)15)8-3-4-17-7-8/h3-4,7,9-10H,2,5-6H2,1H3,(H2,13,16). The second-order valence-corrected chi connectivity index (χ2v) is 5.11. The van der Waals surface area contributed by atoms with Gasteiger partial charge in [0.15, 0.2) is 0 Å². The predicted molar refractivity (Wildman–Crippen MR) is 66.7 cm³/mol. The first-order chi connectivity index (χ1) is 8.13. The summed E-state index contributed by atoms with van der Waals surface area (Å²) in [7, 11) is 0. The Hall–Kier alpha value is -1.36. The third-order valence-corrected chi connectivity index (χ3v) is 3.97. The Morgan fingerprint density at radius 2 is 2.47 bits per heavy atom. The zero-order valence-electron chi connectivity index (χ0n) is 9.76. The first kappa shape index (κ1) is 12.1. The van der Waals surface area contributed by atoms with E-state index in [-0.39, 0.29) is 11.8 Å². The van der Waals surface area contributed by atoms with Gasteiger partial charge in [0.05, 0.1) is 0 Å². The number of hydrogen-bond donors (Lipinski definition) is 1. The number of thiophene rings is 1. The second kappa shape index (κ2) is 4.87. The Bertz CT molecular complexity index is 416. The van der Waals surface area contributed by atoms with Crippen molar-refractivity contribution in [2.45, 2.75) is 31.7 Å². The second-order valence-electron chi connectivity index (χ2n) is 4.33. The number of nitrogens with two attached hydrogens (primary N) is 1. The van der Waals surface area contributed by atoms with Crippen molar-refractivity contribution in [1.29, 1.82) is 0 Å². The van der Waals surface area contributed by atoms with Crippen molar-refractivity contribution in [3.63, 3.8) is 0 Å². The normalized spacial score (nSPS) is 21.8. The van der Waals surface area contributed by atoms with E-state index in [1.165, 1.54) is 5.56 Å². The van der Waals surface area contributed by atoms with E-state index in [1.807, 2.05) is 18.4 Å². The molecule has 92 valence electrons. The zero-order valence-corrected chi connectivity index (χ0v) is 10.6. The van der Waals surface area contributed by atoms with Crippen LogP contribution < -0.4 is 5.73 Å². The van der Waals surface area contributed by atoms with Gasteiger partial charge in [0.2, 0.25) is 11.8 Å². The minimum absolute atomic E-state index is 0.0341. The lowest BCUT2D eigenvalue weighted by molar-refractivity contribution is -0.136. The lowest BCUT2D eigenvalue weighted by Gasteiger charge is -2.24. The summed E-state index contributed by atoms with van der Waals surface area (Å²) in [6.45, 7) is 2.48. The number of rotatable bonds is 4. The predicted octanol–water partition coefficient (Wildman–Crippen LogP) is 1.33. The molecule has 17 heavy (non-hydrogen) atoms. The third kappa shape index (κ3) is 2.34. The largest absolute Gasteiger partial charge is 0.368 e. The van der Waals surface area contributed by atoms with Crippen LogP contribution in [0, 0.1) is 0 Å². The first-order valence-corrected chi connectivity index (χ1v) is 6.68. The van der Waals surface area contributed by atoms with Gasteiger partial charge in [-0.2, -0.15) is 11.3 Å². The molecule has 0 aromatic carbocycles. The minimum Gasteiger partial charge on any atom is -0.368 e. The van der Waals surface area contributed by atoms with Crippen molar-refractivity contribution in [3.8, 4) is 0 Å². The van der Waals surface area contributed by atoms with Crippen molar-refractivity contribution in [2.24, 2.45) is 5.73 Å². The molecular formula is C12H16N2O2S. The van der Waals surface area contributed by atoms with Crippen molar-refractivity contribution in [3.05, 3.63) is 22.4 Å². The van der Waals surface area contributed by atoms with E-state index < -0.39 is 11.9 Å². The van der Waals surface area contributed by atoms with Gasteiger partial charge in [-0.3, -0.25) is 9.59 Å². The van der Waals surface area contributed by atoms with Gasteiger partial charge in [-0.1, -0.05) is 6.92 Å². The van der Waals surface area contributed by atoms with E-state index >= 15 is 0 Å². The number of carbonyl (C=O) groups excluding carboxylic acids is 2. The summed E-state index contributed by atoms with van der Waals surface area (Å²) in [5.41, 5.74) is 6.51. The van der Waals surface area contributed by atoms with Crippen LogP contribution >= 0.6 is 11.3 Å². The van der Waals surface area contributed by atoms with E-state index in [9.17, 15) is 9.59 Å². The van der Waals surface area contributed by atoms with E-state index in [4.69, 9.17) is 5.73 Å². The number of amides is 2. The van der Waals surface area contributed by atoms with Gasteiger partial charge >= 0.3 is 0 Å². The van der Waals surface area contributed by atoms with Crippen LogP contribution in [0.15, 0.2) is 16.8 Å². The van der Waals surface area contributed by atoms with Gasteiger partial charge in [-0.25, -0.2) is 0 Å². The molecule has 0 aliphatic carbocycles. The Balaban J connectivity index is 2.12. The Morgan fingerprint density at radius 3 is 3.00 bits per heavy atom. The molecule has 2 N–H and O–H groups in total. The van der Waals surface area contributed by atoms with Gasteiger partial charge in [-0.15, -0.1) is 0 Å². The van der Waals surface area contributed by atoms with E-state index in [1.54, 1.807) is 16.2 Å². The van der Waals surface area contributed by atoms with Gasteiger partial charge in [0.1, 0.15) is 6.04 Å². The topological polar surface area (TPSA) is 63.4 Å². The van der Waals surface area contributed by atoms with Crippen molar-refractivity contribution < 1.29 is 9.59 Å². The van der Waals surface area contributed by atoms with E-state index in [2.05, 4.69) is 5.38 Å². The maximum Gasteiger partial charge on any atom is 0.240 e. The average Bonchev–Trinajstić information content (AvgIpc) is 2.89. The molecule has 2 amide bonds. The summed E-state index contributed by atoms with van der Waals surface area (Å²) >= 11 is 1.63. The Kier molecular flexibility index (Phi) is 3.47. The van der Waals surface area contributed by atoms with Crippen molar-refractivity contribution >= 4 is 23.2 Å². The molecule has 1 saturated heterocycles. The van der Waals surface area contributed by atoms with E-state index in [0.717, 1.165) is 0 Å². The number of hydrogen-bond acceptors (Lipinski definition) is 3. The molecule has 0 spiro atoms. The number of nitrogens with zero attached hydrogens (tertiary/aromatic N) is 1. The highest BCUT2D eigenvalue weighted by Crippen LogP contribution is 2.31. The third-order valence-electron chi connectivity index (χ3n) is 3.26. The van der Waals surface area contributed by atoms with Gasteiger partial charge in [0, 0.05) is 18.9 Å². The molecule has 1 aliphatic rings. The molecule has 4 nitrogen and oxygen atoms in total. The molecule has 2 heterocycles. The lowest BCUT2D eigenvalue weighted by atomic mass is 10.0. The molecule has 1 aliphatic heterocycles. The molecule has 1 fully saturated rings. The van der Waals surface area contributed by atoms with E-state index in [0.29, 0.717) is 19.4 Å². The molecule has 0 bridgehead atoms. The van der Waals surface area contributed by atoms with Crippen LogP contribution in [0.2, 0.25) is 0 Å². The highest BCUT2D eigenvalue weighted by molar-refractivity contribution is 7.08. The minimum atomic E-state index is -0.453. The average molecular weight is 252 g/mol. The zero-order chi connectivity index (χ0) is 12.4.